The average molecular weight is 963 g/mol. The predicted molar refractivity (Wildman–Crippen MR) is 220 cm³/mol. The Morgan fingerprint density at radius 3 is 1.56 bits per heavy atom. The Morgan fingerprint density at radius 2 is 1.09 bits per heavy atom. The molecule has 0 fully saturated rings. The molecule has 9 rings (SSSR count). The SMILES string of the molecule is CCC(F)Oc1c(OC(F)(F)C(C)F)c(OC(F)(F)C(F)(F)C(F)F)cc2c3nc4nc(nc5c6ccccc6c(nc6nc(nc([nH]3)c12)-c1ccccc1-6)n5OC(F)(F)CC)-c1ccccc1-4. The van der Waals surface area contributed by atoms with Crippen LogP contribution in [0.5, 0.6) is 17.2 Å². The van der Waals surface area contributed by atoms with Crippen LogP contribution < -0.4 is 19.0 Å². The molecule has 2 aliphatic heterocycles. The molecule has 1 N–H and O–H groups in total. The largest absolute Gasteiger partial charge is 0.470 e. The molecule has 0 saturated carbocycles. The molecule has 0 amide bonds. The van der Waals surface area contributed by atoms with Gasteiger partial charge in [0.15, 0.2) is 46.1 Å². The highest BCUT2D eigenvalue weighted by Gasteiger charge is 2.66. The zero-order valence-electron chi connectivity index (χ0n) is 35.0. The van der Waals surface area contributed by atoms with Gasteiger partial charge < -0.3 is 24.0 Å². The number of nitrogens with zero attached hydrogens (tertiary/aromatic N) is 7. The maximum Gasteiger partial charge on any atom is 0.470 e. The number of aromatic nitrogens is 8. The van der Waals surface area contributed by atoms with E-state index in [1.165, 1.54) is 44.2 Å². The van der Waals surface area contributed by atoms with Crippen molar-refractivity contribution in [2.45, 2.75) is 76.8 Å². The number of halogens is 12. The quantitative estimate of drug-likeness (QED) is 0.111. The second-order valence-electron chi connectivity index (χ2n) is 15.2. The molecule has 2 unspecified atom stereocenters. The molecule has 12 nitrogen and oxygen atoms in total. The number of nitrogens with one attached hydrogen (secondary N) is 1. The molecule has 5 heterocycles. The summed E-state index contributed by atoms with van der Waals surface area (Å²) < 4.78 is 192. The van der Waals surface area contributed by atoms with Gasteiger partial charge in [-0.05, 0) is 13.0 Å². The number of aromatic amines is 1. The highest BCUT2D eigenvalue weighted by atomic mass is 19.3. The molecule has 2 atom stereocenters. The van der Waals surface area contributed by atoms with Gasteiger partial charge in [-0.3, -0.25) is 0 Å². The first kappa shape index (κ1) is 45.7. The van der Waals surface area contributed by atoms with Crippen molar-refractivity contribution in [1.29, 1.82) is 0 Å². The molecule has 0 spiro atoms. The van der Waals surface area contributed by atoms with Crippen molar-refractivity contribution >= 4 is 44.1 Å². The van der Waals surface area contributed by atoms with E-state index >= 15 is 30.7 Å². The summed E-state index contributed by atoms with van der Waals surface area (Å²) in [6, 6.07) is 18.9. The van der Waals surface area contributed by atoms with Gasteiger partial charge in [-0.2, -0.15) is 35.1 Å². The molecule has 4 aromatic carbocycles. The zero-order chi connectivity index (χ0) is 48.7. The van der Waals surface area contributed by atoms with Crippen LogP contribution in [0.4, 0.5) is 52.7 Å². The number of hydrogen-bond donors (Lipinski definition) is 1. The smallest absolute Gasteiger partial charge is 0.456 e. The van der Waals surface area contributed by atoms with Crippen molar-refractivity contribution in [1.82, 2.24) is 39.6 Å². The minimum Gasteiger partial charge on any atom is -0.456 e. The molecule has 354 valence electrons. The van der Waals surface area contributed by atoms with Crippen LogP contribution in [0.3, 0.4) is 0 Å². The molecule has 0 radical (unpaired) electrons. The highest BCUT2D eigenvalue weighted by molar-refractivity contribution is 6.11. The van der Waals surface area contributed by atoms with Gasteiger partial charge in [0, 0.05) is 44.8 Å². The van der Waals surface area contributed by atoms with E-state index in [0.717, 1.165) is 4.73 Å². The Morgan fingerprint density at radius 1 is 0.603 bits per heavy atom. The van der Waals surface area contributed by atoms with Crippen molar-refractivity contribution < 1.29 is 71.7 Å². The molecule has 0 aliphatic carbocycles. The first-order valence-corrected chi connectivity index (χ1v) is 20.3. The lowest BCUT2D eigenvalue weighted by molar-refractivity contribution is -0.342. The van der Waals surface area contributed by atoms with Gasteiger partial charge in [0.1, 0.15) is 11.3 Å². The fourth-order valence-electron chi connectivity index (χ4n) is 7.13. The van der Waals surface area contributed by atoms with E-state index < -0.39 is 95.4 Å². The maximum absolute atomic E-state index is 15.5. The number of benzene rings is 4. The highest BCUT2D eigenvalue weighted by Crippen LogP contribution is 2.52. The van der Waals surface area contributed by atoms with Gasteiger partial charge in [0.05, 0.1) is 11.8 Å². The number of rotatable bonds is 13. The molecule has 68 heavy (non-hydrogen) atoms. The lowest BCUT2D eigenvalue weighted by atomic mass is 10.1. The van der Waals surface area contributed by atoms with Gasteiger partial charge in [-0.1, -0.05) is 86.6 Å². The third-order valence-electron chi connectivity index (χ3n) is 10.6. The zero-order valence-corrected chi connectivity index (χ0v) is 35.0. The molecule has 8 bridgehead atoms. The van der Waals surface area contributed by atoms with Crippen LogP contribution in [0.2, 0.25) is 0 Å². The van der Waals surface area contributed by atoms with Crippen LogP contribution in [0, 0.1) is 0 Å². The number of hydrogen-bond acceptors (Lipinski definition) is 10. The van der Waals surface area contributed by atoms with Gasteiger partial charge in [-0.25, -0.2) is 47.5 Å². The maximum atomic E-state index is 15.5. The fourth-order valence-corrected chi connectivity index (χ4v) is 7.13. The van der Waals surface area contributed by atoms with E-state index in [1.54, 1.807) is 42.5 Å². The minimum absolute atomic E-state index is 0.171. The van der Waals surface area contributed by atoms with Crippen molar-refractivity contribution in [3.05, 3.63) is 78.9 Å². The number of alkyl halides is 12. The van der Waals surface area contributed by atoms with E-state index in [1.807, 2.05) is 0 Å². The monoisotopic (exact) mass is 962 g/mol. The summed E-state index contributed by atoms with van der Waals surface area (Å²) >= 11 is 0. The topological polar surface area (TPSA) is 135 Å². The minimum atomic E-state index is -6.30. The van der Waals surface area contributed by atoms with Crippen LogP contribution >= 0.6 is 0 Å². The second kappa shape index (κ2) is 16.4. The normalized spacial score (nSPS) is 13.9. The summed E-state index contributed by atoms with van der Waals surface area (Å²) in [6.07, 6.45) is -27.4. The third kappa shape index (κ3) is 7.73. The number of ether oxygens (including phenoxy) is 3. The van der Waals surface area contributed by atoms with E-state index in [9.17, 15) is 22.0 Å². The Hall–Kier alpha value is -7.40. The van der Waals surface area contributed by atoms with Gasteiger partial charge in [0.25, 0.3) is 0 Å². The Balaban J connectivity index is 1.50. The van der Waals surface area contributed by atoms with Crippen molar-refractivity contribution in [3.8, 4) is 62.8 Å². The average Bonchev–Trinajstić information content (AvgIpc) is 4.01. The van der Waals surface area contributed by atoms with Crippen LogP contribution in [0.1, 0.15) is 33.6 Å². The van der Waals surface area contributed by atoms with E-state index in [2.05, 4.69) is 39.4 Å². The third-order valence-corrected chi connectivity index (χ3v) is 10.6. The van der Waals surface area contributed by atoms with E-state index in [-0.39, 0.29) is 74.5 Å². The van der Waals surface area contributed by atoms with E-state index in [4.69, 9.17) is 14.6 Å². The molecule has 7 aromatic rings. The van der Waals surface area contributed by atoms with Crippen molar-refractivity contribution in [2.75, 3.05) is 0 Å². The summed E-state index contributed by atoms with van der Waals surface area (Å²) in [7, 11) is 0. The Kier molecular flexibility index (Phi) is 11.1. The molecular formula is C44H30F12N8O4. The summed E-state index contributed by atoms with van der Waals surface area (Å²) in [5, 5.41) is -0.795. The Bertz CT molecular complexity index is 3310. The van der Waals surface area contributed by atoms with Crippen molar-refractivity contribution in [2.24, 2.45) is 0 Å². The van der Waals surface area contributed by atoms with E-state index in [0.29, 0.717) is 6.07 Å². The van der Waals surface area contributed by atoms with Gasteiger partial charge in [-0.15, -0.1) is 4.73 Å². The van der Waals surface area contributed by atoms with Crippen LogP contribution in [0.25, 0.3) is 89.7 Å². The fraction of sp³-hybridized carbons (Fsp3) is 0.273. The lowest BCUT2D eigenvalue weighted by Gasteiger charge is -2.28. The first-order chi connectivity index (χ1) is 32.1. The molecule has 24 heteroatoms. The molecule has 2 aliphatic rings. The number of H-pyrrole nitrogens is 1. The summed E-state index contributed by atoms with van der Waals surface area (Å²) in [5.41, 5.74) is -0.754. The van der Waals surface area contributed by atoms with Crippen LogP contribution in [0.15, 0.2) is 78.9 Å². The summed E-state index contributed by atoms with van der Waals surface area (Å²) in [5.74, 6) is -12.3. The lowest BCUT2D eigenvalue weighted by Crippen LogP contribution is -2.50. The number of fused-ring (bicyclic) bond motifs is 20. The van der Waals surface area contributed by atoms with Crippen LogP contribution in [-0.2, 0) is 0 Å². The predicted octanol–water partition coefficient (Wildman–Crippen LogP) is 12.1. The summed E-state index contributed by atoms with van der Waals surface area (Å²) in [4.78, 5) is 35.7. The second-order valence-corrected chi connectivity index (χ2v) is 15.2. The van der Waals surface area contributed by atoms with Crippen molar-refractivity contribution in [3.63, 3.8) is 0 Å². The van der Waals surface area contributed by atoms with Crippen LogP contribution in [-0.4, -0.2) is 82.8 Å². The first-order valence-electron chi connectivity index (χ1n) is 20.3. The molecule has 0 saturated heterocycles. The van der Waals surface area contributed by atoms with Gasteiger partial charge >= 0.3 is 30.7 Å². The molecular weight excluding hydrogens is 933 g/mol. The standard InChI is InChI=1S/C44H30F12N8O4/c1-4-28(46)65-31-29-26(18-27(30(31)67-43(53,54)19(3)45)66-44(55,56)42(51,52)40(47)48)36-59-32-20-12-6-8-14-22(20)34(57-32)62-38-24-16-10-11-17-25(24)39(64(38)68-41(49,50)5-2)63-35-23-15-9-7-13-21(23)33(58-35)60-37(29)61-36/h6-19,28,40H,4-5H2,1-3H3,(H,57,58,59,60,61,62,63). The summed E-state index contributed by atoms with van der Waals surface area (Å²) in [6.45, 7) is 2.63. The Labute approximate surface area is 373 Å². The van der Waals surface area contributed by atoms with Gasteiger partial charge in [0.2, 0.25) is 18.3 Å². The molecule has 3 aromatic heterocycles.